The summed E-state index contributed by atoms with van der Waals surface area (Å²) in [5.41, 5.74) is 1.19. The van der Waals surface area contributed by atoms with Gasteiger partial charge in [0.05, 0.1) is 5.69 Å². The van der Waals surface area contributed by atoms with Gasteiger partial charge in [0.25, 0.3) is 0 Å². The molecule has 3 heteroatoms. The minimum Gasteiger partial charge on any atom is -0.306 e. The van der Waals surface area contributed by atoms with Crippen molar-refractivity contribution in [3.8, 4) is 0 Å². The molecule has 1 aromatic heterocycles. The Bertz CT molecular complexity index is 307. The summed E-state index contributed by atoms with van der Waals surface area (Å²) in [5, 5.41) is 10.7. The molecule has 0 aromatic carbocycles. The van der Waals surface area contributed by atoms with Gasteiger partial charge in [0.1, 0.15) is 0 Å². The molecule has 3 nitrogen and oxygen atoms in total. The van der Waals surface area contributed by atoms with E-state index in [9.17, 15) is 0 Å². The van der Waals surface area contributed by atoms with E-state index < -0.39 is 0 Å². The lowest BCUT2D eigenvalue weighted by Gasteiger charge is -2.34. The minimum absolute atomic E-state index is 0.383. The fourth-order valence-electron chi connectivity index (χ4n) is 2.65. The van der Waals surface area contributed by atoms with Crippen molar-refractivity contribution in [3.05, 3.63) is 18.0 Å². The first kappa shape index (κ1) is 11.6. The second kappa shape index (κ2) is 5.00. The van der Waals surface area contributed by atoms with Crippen molar-refractivity contribution >= 4 is 0 Å². The van der Waals surface area contributed by atoms with Crippen LogP contribution in [0.5, 0.6) is 0 Å². The molecule has 4 atom stereocenters. The molecular weight excluding hydrogens is 198 g/mol. The van der Waals surface area contributed by atoms with Crippen molar-refractivity contribution in [1.29, 1.82) is 0 Å². The van der Waals surface area contributed by atoms with Crippen molar-refractivity contribution in [2.75, 3.05) is 0 Å². The molecule has 90 valence electrons. The molecule has 0 amide bonds. The van der Waals surface area contributed by atoms with Crippen molar-refractivity contribution in [3.63, 3.8) is 0 Å². The monoisotopic (exact) mass is 221 g/mol. The summed E-state index contributed by atoms with van der Waals surface area (Å²) >= 11 is 0. The molecule has 1 heterocycles. The lowest BCUT2D eigenvalue weighted by Crippen LogP contribution is -2.37. The first-order chi connectivity index (χ1) is 7.66. The zero-order valence-electron chi connectivity index (χ0n) is 10.5. The number of rotatable bonds is 3. The number of aromatic nitrogens is 2. The van der Waals surface area contributed by atoms with Gasteiger partial charge in [0.2, 0.25) is 0 Å². The van der Waals surface area contributed by atoms with Crippen LogP contribution in [-0.4, -0.2) is 16.2 Å². The smallest absolute Gasteiger partial charge is 0.0518 e. The standard InChI is InChI=1S/C13H23N3/c1-9-4-5-12(8-10(9)2)15-11(3)13-6-7-14-16-13/h6-7,9-12,15H,4-5,8H2,1-3H3,(H,14,16). The molecular formula is C13H23N3. The van der Waals surface area contributed by atoms with Gasteiger partial charge < -0.3 is 5.32 Å². The van der Waals surface area contributed by atoms with Gasteiger partial charge in [-0.05, 0) is 44.1 Å². The highest BCUT2D eigenvalue weighted by atomic mass is 15.1. The van der Waals surface area contributed by atoms with Crippen LogP contribution >= 0.6 is 0 Å². The maximum Gasteiger partial charge on any atom is 0.0518 e. The highest BCUT2D eigenvalue weighted by Gasteiger charge is 2.25. The average Bonchev–Trinajstić information content (AvgIpc) is 2.77. The molecule has 2 rings (SSSR count). The summed E-state index contributed by atoms with van der Waals surface area (Å²) in [6.07, 6.45) is 5.79. The van der Waals surface area contributed by atoms with Gasteiger partial charge in [0, 0.05) is 18.3 Å². The number of hydrogen-bond acceptors (Lipinski definition) is 2. The minimum atomic E-state index is 0.383. The Labute approximate surface area is 98.0 Å². The SMILES string of the molecule is CC(NC1CCC(C)C(C)C1)c1ccn[nH]1. The Morgan fingerprint density at radius 2 is 2.19 bits per heavy atom. The lowest BCUT2D eigenvalue weighted by molar-refractivity contribution is 0.217. The van der Waals surface area contributed by atoms with Gasteiger partial charge in [0.15, 0.2) is 0 Å². The molecule has 1 saturated carbocycles. The van der Waals surface area contributed by atoms with Gasteiger partial charge in [-0.3, -0.25) is 5.10 Å². The normalized spacial score (nSPS) is 32.6. The summed E-state index contributed by atoms with van der Waals surface area (Å²) in [7, 11) is 0. The van der Waals surface area contributed by atoms with E-state index >= 15 is 0 Å². The summed E-state index contributed by atoms with van der Waals surface area (Å²) in [4.78, 5) is 0. The van der Waals surface area contributed by atoms with Gasteiger partial charge >= 0.3 is 0 Å². The molecule has 4 unspecified atom stereocenters. The predicted molar refractivity (Wildman–Crippen MR) is 66.1 cm³/mol. The van der Waals surface area contributed by atoms with Crippen LogP contribution in [-0.2, 0) is 0 Å². The summed E-state index contributed by atoms with van der Waals surface area (Å²) in [6, 6.07) is 3.10. The van der Waals surface area contributed by atoms with E-state index in [0.717, 1.165) is 11.8 Å². The van der Waals surface area contributed by atoms with Crippen molar-refractivity contribution in [2.24, 2.45) is 11.8 Å². The Balaban J connectivity index is 1.86. The third kappa shape index (κ3) is 2.64. The Morgan fingerprint density at radius 1 is 1.38 bits per heavy atom. The highest BCUT2D eigenvalue weighted by Crippen LogP contribution is 2.30. The maximum atomic E-state index is 4.00. The number of hydrogen-bond donors (Lipinski definition) is 2. The van der Waals surface area contributed by atoms with Crippen LogP contribution in [0.25, 0.3) is 0 Å². The third-order valence-corrected chi connectivity index (χ3v) is 4.07. The highest BCUT2D eigenvalue weighted by molar-refractivity contribution is 5.03. The summed E-state index contributed by atoms with van der Waals surface area (Å²) < 4.78 is 0. The molecule has 0 saturated heterocycles. The van der Waals surface area contributed by atoms with E-state index in [2.05, 4.69) is 36.3 Å². The molecule has 1 fully saturated rings. The van der Waals surface area contributed by atoms with E-state index in [1.165, 1.54) is 25.0 Å². The quantitative estimate of drug-likeness (QED) is 0.824. The molecule has 2 N–H and O–H groups in total. The molecule has 0 spiro atoms. The number of nitrogens with one attached hydrogen (secondary N) is 2. The van der Waals surface area contributed by atoms with Crippen LogP contribution in [0.1, 0.15) is 51.8 Å². The largest absolute Gasteiger partial charge is 0.306 e. The number of H-pyrrole nitrogens is 1. The molecule has 1 aliphatic carbocycles. The van der Waals surface area contributed by atoms with Gasteiger partial charge in [-0.2, -0.15) is 5.10 Å². The Morgan fingerprint density at radius 3 is 2.81 bits per heavy atom. The first-order valence-corrected chi connectivity index (χ1v) is 6.42. The predicted octanol–water partition coefficient (Wildman–Crippen LogP) is 2.89. The second-order valence-electron chi connectivity index (χ2n) is 5.36. The van der Waals surface area contributed by atoms with Crippen LogP contribution in [0.2, 0.25) is 0 Å². The molecule has 0 radical (unpaired) electrons. The summed E-state index contributed by atoms with van der Waals surface area (Å²) in [6.45, 7) is 6.95. The fraction of sp³-hybridized carbons (Fsp3) is 0.769. The molecule has 16 heavy (non-hydrogen) atoms. The van der Waals surface area contributed by atoms with E-state index in [1.54, 1.807) is 0 Å². The Kier molecular flexibility index (Phi) is 3.64. The second-order valence-corrected chi connectivity index (χ2v) is 5.36. The van der Waals surface area contributed by atoms with Crippen LogP contribution in [0.15, 0.2) is 12.3 Å². The number of aromatic amines is 1. The van der Waals surface area contributed by atoms with Gasteiger partial charge in [-0.25, -0.2) is 0 Å². The fourth-order valence-corrected chi connectivity index (χ4v) is 2.65. The van der Waals surface area contributed by atoms with E-state index in [4.69, 9.17) is 0 Å². The van der Waals surface area contributed by atoms with Crippen LogP contribution < -0.4 is 5.32 Å². The molecule has 1 aromatic rings. The first-order valence-electron chi connectivity index (χ1n) is 6.42. The zero-order chi connectivity index (χ0) is 11.5. The van der Waals surface area contributed by atoms with E-state index in [-0.39, 0.29) is 0 Å². The van der Waals surface area contributed by atoms with Crippen molar-refractivity contribution < 1.29 is 0 Å². The lowest BCUT2D eigenvalue weighted by atomic mass is 9.79. The van der Waals surface area contributed by atoms with Crippen LogP contribution in [0.3, 0.4) is 0 Å². The van der Waals surface area contributed by atoms with E-state index in [0.29, 0.717) is 12.1 Å². The Hall–Kier alpha value is -0.830. The average molecular weight is 221 g/mol. The molecule has 1 aliphatic rings. The van der Waals surface area contributed by atoms with E-state index in [1.807, 2.05) is 12.3 Å². The molecule has 0 bridgehead atoms. The summed E-state index contributed by atoms with van der Waals surface area (Å²) in [5.74, 6) is 1.74. The van der Waals surface area contributed by atoms with Gasteiger partial charge in [-0.15, -0.1) is 0 Å². The number of nitrogens with zero attached hydrogens (tertiary/aromatic N) is 1. The van der Waals surface area contributed by atoms with Crippen LogP contribution in [0, 0.1) is 11.8 Å². The van der Waals surface area contributed by atoms with Crippen molar-refractivity contribution in [2.45, 2.75) is 52.1 Å². The molecule has 0 aliphatic heterocycles. The zero-order valence-corrected chi connectivity index (χ0v) is 10.5. The van der Waals surface area contributed by atoms with Crippen molar-refractivity contribution in [1.82, 2.24) is 15.5 Å². The van der Waals surface area contributed by atoms with Gasteiger partial charge in [-0.1, -0.05) is 13.8 Å². The maximum absolute atomic E-state index is 4.00. The van der Waals surface area contributed by atoms with Crippen LogP contribution in [0.4, 0.5) is 0 Å². The topological polar surface area (TPSA) is 40.7 Å². The third-order valence-electron chi connectivity index (χ3n) is 4.07.